The van der Waals surface area contributed by atoms with Crippen LogP contribution in [-0.2, 0) is 6.54 Å². The van der Waals surface area contributed by atoms with E-state index in [1.165, 1.54) is 0 Å². The average Bonchev–Trinajstić information content (AvgIpc) is 2.93. The molecule has 0 saturated carbocycles. The summed E-state index contributed by atoms with van der Waals surface area (Å²) in [7, 11) is 0. The Labute approximate surface area is 157 Å². The van der Waals surface area contributed by atoms with Gasteiger partial charge in [0.15, 0.2) is 5.96 Å². The Kier molecular flexibility index (Phi) is 8.32. The van der Waals surface area contributed by atoms with Crippen molar-refractivity contribution < 1.29 is 4.52 Å². The molecule has 0 fully saturated rings. The van der Waals surface area contributed by atoms with Crippen LogP contribution in [0.1, 0.15) is 26.2 Å². The van der Waals surface area contributed by atoms with Crippen molar-refractivity contribution in [2.75, 3.05) is 6.54 Å². The highest BCUT2D eigenvalue weighted by Crippen LogP contribution is 2.19. The second kappa shape index (κ2) is 9.71. The summed E-state index contributed by atoms with van der Waals surface area (Å²) in [5.41, 5.74) is 6.58. The first-order valence-electron chi connectivity index (χ1n) is 7.17. The Morgan fingerprint density at radius 3 is 2.91 bits per heavy atom. The molecule has 0 bridgehead atoms. The first-order chi connectivity index (χ1) is 10.5. The molecular weight excluding hydrogens is 429 g/mol. The van der Waals surface area contributed by atoms with Gasteiger partial charge in [0.2, 0.25) is 11.7 Å². The van der Waals surface area contributed by atoms with Gasteiger partial charge < -0.3 is 15.6 Å². The van der Waals surface area contributed by atoms with Gasteiger partial charge in [-0.1, -0.05) is 42.7 Å². The molecule has 1 heterocycles. The van der Waals surface area contributed by atoms with Crippen LogP contribution < -0.4 is 11.1 Å². The van der Waals surface area contributed by atoms with E-state index in [1.807, 2.05) is 12.1 Å². The minimum absolute atomic E-state index is 0. The summed E-state index contributed by atoms with van der Waals surface area (Å²) in [4.78, 5) is 8.45. The Morgan fingerprint density at radius 2 is 2.22 bits per heavy atom. The Hall–Kier alpha value is -1.35. The number of nitrogens with one attached hydrogen (secondary N) is 1. The number of hydrogen-bond donors (Lipinski definition) is 2. The lowest BCUT2D eigenvalue weighted by Gasteiger charge is -2.06. The van der Waals surface area contributed by atoms with Gasteiger partial charge in [-0.25, -0.2) is 4.99 Å². The molecule has 1 aromatic carbocycles. The van der Waals surface area contributed by atoms with Gasteiger partial charge in [0, 0.05) is 17.1 Å². The van der Waals surface area contributed by atoms with E-state index in [1.54, 1.807) is 12.1 Å². The van der Waals surface area contributed by atoms with Crippen LogP contribution in [0.5, 0.6) is 0 Å². The number of halogens is 2. The van der Waals surface area contributed by atoms with Gasteiger partial charge >= 0.3 is 0 Å². The smallest absolute Gasteiger partial charge is 0.248 e. The maximum atomic E-state index is 5.94. The average molecular weight is 450 g/mol. The lowest BCUT2D eigenvalue weighted by Crippen LogP contribution is -2.32. The monoisotopic (exact) mass is 449 g/mol. The van der Waals surface area contributed by atoms with Crippen molar-refractivity contribution in [1.82, 2.24) is 15.5 Å². The van der Waals surface area contributed by atoms with E-state index in [4.69, 9.17) is 21.9 Å². The van der Waals surface area contributed by atoms with Crippen LogP contribution in [0, 0.1) is 5.92 Å². The molecular formula is C15H21ClIN5O. The third kappa shape index (κ3) is 6.74. The second-order valence-corrected chi connectivity index (χ2v) is 5.77. The van der Waals surface area contributed by atoms with Crippen LogP contribution in [0.3, 0.4) is 0 Å². The van der Waals surface area contributed by atoms with Gasteiger partial charge in [-0.15, -0.1) is 24.0 Å². The van der Waals surface area contributed by atoms with Crippen molar-refractivity contribution in [3.8, 4) is 11.4 Å². The number of rotatable bonds is 6. The topological polar surface area (TPSA) is 89.3 Å². The van der Waals surface area contributed by atoms with Crippen molar-refractivity contribution in [1.29, 1.82) is 0 Å². The highest BCUT2D eigenvalue weighted by Gasteiger charge is 2.08. The molecule has 0 atom stereocenters. The van der Waals surface area contributed by atoms with E-state index >= 15 is 0 Å². The van der Waals surface area contributed by atoms with Crippen LogP contribution in [0.2, 0.25) is 5.02 Å². The van der Waals surface area contributed by atoms with E-state index in [9.17, 15) is 0 Å². The summed E-state index contributed by atoms with van der Waals surface area (Å²) >= 11 is 5.94. The van der Waals surface area contributed by atoms with Gasteiger partial charge in [-0.05, 0) is 24.5 Å². The van der Waals surface area contributed by atoms with Gasteiger partial charge in [0.25, 0.3) is 0 Å². The number of nitrogens with two attached hydrogens (primary N) is 1. The molecule has 23 heavy (non-hydrogen) atoms. The first-order valence-corrected chi connectivity index (χ1v) is 7.54. The highest BCUT2D eigenvalue weighted by atomic mass is 127. The molecule has 0 unspecified atom stereocenters. The van der Waals surface area contributed by atoms with Gasteiger partial charge in [0.05, 0.1) is 0 Å². The number of hydrogen-bond acceptors (Lipinski definition) is 4. The summed E-state index contributed by atoms with van der Waals surface area (Å²) in [6.45, 7) is 5.36. The predicted molar refractivity (Wildman–Crippen MR) is 103 cm³/mol. The van der Waals surface area contributed by atoms with E-state index in [-0.39, 0.29) is 30.5 Å². The molecule has 0 amide bonds. The molecule has 2 rings (SSSR count). The number of aromatic nitrogens is 2. The van der Waals surface area contributed by atoms with E-state index in [0.29, 0.717) is 28.6 Å². The fourth-order valence-electron chi connectivity index (χ4n) is 1.76. The maximum absolute atomic E-state index is 5.94. The summed E-state index contributed by atoms with van der Waals surface area (Å²) in [6.07, 6.45) is 1.04. The Morgan fingerprint density at radius 1 is 1.43 bits per heavy atom. The molecule has 8 heteroatoms. The quantitative estimate of drug-likeness (QED) is 0.400. The number of benzene rings is 1. The molecule has 126 valence electrons. The molecule has 0 spiro atoms. The molecule has 1 aromatic heterocycles. The highest BCUT2D eigenvalue weighted by molar-refractivity contribution is 14.0. The van der Waals surface area contributed by atoms with Crippen molar-refractivity contribution in [3.63, 3.8) is 0 Å². The standard InChI is InChI=1S/C15H20ClN5O.HI/c1-10(2)6-7-18-15(17)19-9-13-20-14(21-22-13)11-4-3-5-12(16)8-11;/h3-5,8,10H,6-7,9H2,1-2H3,(H3,17,18,19);1H. The third-order valence-corrected chi connectivity index (χ3v) is 3.20. The first kappa shape index (κ1) is 19.7. The van der Waals surface area contributed by atoms with Crippen molar-refractivity contribution >= 4 is 41.5 Å². The summed E-state index contributed by atoms with van der Waals surface area (Å²) < 4.78 is 5.16. The van der Waals surface area contributed by atoms with Crippen LogP contribution in [0.15, 0.2) is 33.8 Å². The predicted octanol–water partition coefficient (Wildman–Crippen LogP) is 3.46. The van der Waals surface area contributed by atoms with E-state index in [2.05, 4.69) is 34.3 Å². The largest absolute Gasteiger partial charge is 0.370 e. The Balaban J connectivity index is 0.00000264. The van der Waals surface area contributed by atoms with Crippen LogP contribution in [0.4, 0.5) is 0 Å². The maximum Gasteiger partial charge on any atom is 0.248 e. The van der Waals surface area contributed by atoms with E-state index in [0.717, 1.165) is 18.5 Å². The molecule has 0 aliphatic rings. The zero-order valence-corrected chi connectivity index (χ0v) is 16.2. The SMILES string of the molecule is CC(C)CCNC(N)=NCc1nc(-c2cccc(Cl)c2)no1.I. The molecule has 6 nitrogen and oxygen atoms in total. The number of aliphatic imine (C=N–C) groups is 1. The Bertz CT molecular complexity index is 644. The minimum atomic E-state index is 0. The zero-order valence-electron chi connectivity index (χ0n) is 13.1. The lowest BCUT2D eigenvalue weighted by atomic mass is 10.1. The summed E-state index contributed by atoms with van der Waals surface area (Å²) in [6, 6.07) is 7.27. The van der Waals surface area contributed by atoms with Crippen LogP contribution in [0.25, 0.3) is 11.4 Å². The summed E-state index contributed by atoms with van der Waals surface area (Å²) in [5.74, 6) is 1.89. The summed E-state index contributed by atoms with van der Waals surface area (Å²) in [5, 5.41) is 7.59. The lowest BCUT2D eigenvalue weighted by molar-refractivity contribution is 0.381. The van der Waals surface area contributed by atoms with Crippen molar-refractivity contribution in [3.05, 3.63) is 35.2 Å². The van der Waals surface area contributed by atoms with Crippen molar-refractivity contribution in [2.45, 2.75) is 26.8 Å². The number of guanidine groups is 1. The normalized spacial score (nSPS) is 11.4. The van der Waals surface area contributed by atoms with Crippen LogP contribution in [-0.4, -0.2) is 22.6 Å². The molecule has 3 N–H and O–H groups in total. The van der Waals surface area contributed by atoms with Crippen LogP contribution >= 0.6 is 35.6 Å². The fraction of sp³-hybridized carbons (Fsp3) is 0.400. The van der Waals surface area contributed by atoms with Gasteiger partial charge in [0.1, 0.15) is 6.54 Å². The number of nitrogens with zero attached hydrogens (tertiary/aromatic N) is 3. The zero-order chi connectivity index (χ0) is 15.9. The molecule has 0 saturated heterocycles. The molecule has 0 aliphatic carbocycles. The molecule has 0 radical (unpaired) electrons. The second-order valence-electron chi connectivity index (χ2n) is 5.33. The molecule has 2 aromatic rings. The van der Waals surface area contributed by atoms with Gasteiger partial charge in [-0.2, -0.15) is 4.98 Å². The van der Waals surface area contributed by atoms with Crippen molar-refractivity contribution in [2.24, 2.45) is 16.6 Å². The van der Waals surface area contributed by atoms with Gasteiger partial charge in [-0.3, -0.25) is 0 Å². The molecule has 0 aliphatic heterocycles. The fourth-order valence-corrected chi connectivity index (χ4v) is 1.95. The third-order valence-electron chi connectivity index (χ3n) is 2.96. The minimum Gasteiger partial charge on any atom is -0.370 e. The van der Waals surface area contributed by atoms with E-state index < -0.39 is 0 Å².